The lowest BCUT2D eigenvalue weighted by molar-refractivity contribution is -0.274. The van der Waals surface area contributed by atoms with Gasteiger partial charge in [0, 0.05) is 6.07 Å². The van der Waals surface area contributed by atoms with Crippen molar-refractivity contribution in [3.05, 3.63) is 88.4 Å². The van der Waals surface area contributed by atoms with Crippen molar-refractivity contribution in [1.82, 2.24) is 15.0 Å². The molecular formula is C25H18Cl2F4N6O. The average molecular weight is 565 g/mol. The van der Waals surface area contributed by atoms with Crippen molar-refractivity contribution < 1.29 is 22.3 Å². The Morgan fingerprint density at radius 2 is 1.79 bits per heavy atom. The van der Waals surface area contributed by atoms with Crippen LogP contribution in [0.4, 0.5) is 35.0 Å². The minimum absolute atomic E-state index is 0.00853. The third-order valence-corrected chi connectivity index (χ3v) is 5.53. The van der Waals surface area contributed by atoms with Gasteiger partial charge in [0.2, 0.25) is 5.95 Å². The van der Waals surface area contributed by atoms with E-state index in [1.807, 2.05) is 6.92 Å². The van der Waals surface area contributed by atoms with E-state index in [0.717, 1.165) is 0 Å². The summed E-state index contributed by atoms with van der Waals surface area (Å²) in [5.74, 6) is -0.646. The van der Waals surface area contributed by atoms with Gasteiger partial charge in [-0.1, -0.05) is 36.2 Å². The predicted molar refractivity (Wildman–Crippen MR) is 139 cm³/mol. The van der Waals surface area contributed by atoms with E-state index in [1.165, 1.54) is 54.7 Å². The quantitative estimate of drug-likeness (QED) is 0.0980. The molecule has 0 fully saturated rings. The normalized spacial score (nSPS) is 11.8. The van der Waals surface area contributed by atoms with Crippen LogP contribution in [-0.2, 0) is 0 Å². The number of ether oxygens (including phenoxy) is 1. The second-order valence-electron chi connectivity index (χ2n) is 7.65. The lowest BCUT2D eigenvalue weighted by Crippen LogP contribution is -2.17. The van der Waals surface area contributed by atoms with Gasteiger partial charge in [-0.15, -0.1) is 13.2 Å². The van der Waals surface area contributed by atoms with Gasteiger partial charge in [-0.05, 0) is 60.5 Å². The third kappa shape index (κ3) is 7.08. The number of hydrazone groups is 1. The Bertz CT molecular complexity index is 1430. The van der Waals surface area contributed by atoms with Crippen molar-refractivity contribution in [2.24, 2.45) is 5.10 Å². The smallest absolute Gasteiger partial charge is 0.406 e. The molecule has 2 heterocycles. The van der Waals surface area contributed by atoms with Crippen molar-refractivity contribution in [2.45, 2.75) is 19.7 Å². The number of hydrogen-bond acceptors (Lipinski definition) is 7. The van der Waals surface area contributed by atoms with Gasteiger partial charge >= 0.3 is 6.36 Å². The molecule has 13 heteroatoms. The summed E-state index contributed by atoms with van der Waals surface area (Å²) in [5, 5.41) is 7.82. The lowest BCUT2D eigenvalue weighted by atomic mass is 10.1. The van der Waals surface area contributed by atoms with Gasteiger partial charge in [0.05, 0.1) is 33.9 Å². The van der Waals surface area contributed by atoms with Crippen LogP contribution < -0.4 is 15.5 Å². The molecule has 0 aliphatic rings. The SMILES string of the molecule is CC/C(=N\Nc1nc(Nc2ccc(Cl)nc2)cc(-c2c(F)cccc2Cl)n1)c1ccc(OC(F)(F)F)cc1. The zero-order valence-electron chi connectivity index (χ0n) is 19.5. The molecule has 0 bridgehead atoms. The molecule has 38 heavy (non-hydrogen) atoms. The first-order valence-corrected chi connectivity index (χ1v) is 11.8. The first-order chi connectivity index (χ1) is 18.1. The second-order valence-corrected chi connectivity index (χ2v) is 8.44. The molecule has 0 radical (unpaired) electrons. The van der Waals surface area contributed by atoms with Crippen molar-refractivity contribution in [2.75, 3.05) is 10.7 Å². The zero-order chi connectivity index (χ0) is 27.3. The Hall–Kier alpha value is -3.96. The van der Waals surface area contributed by atoms with Crippen LogP contribution >= 0.6 is 23.2 Å². The predicted octanol–water partition coefficient (Wildman–Crippen LogP) is 7.85. The highest BCUT2D eigenvalue weighted by Gasteiger charge is 2.31. The van der Waals surface area contributed by atoms with Crippen LogP contribution in [0.5, 0.6) is 5.75 Å². The number of nitrogens with zero attached hydrogens (tertiary/aromatic N) is 4. The van der Waals surface area contributed by atoms with Crippen LogP contribution in [0.15, 0.2) is 72.0 Å². The van der Waals surface area contributed by atoms with Crippen molar-refractivity contribution in [3.63, 3.8) is 0 Å². The monoisotopic (exact) mass is 564 g/mol. The number of pyridine rings is 1. The Morgan fingerprint density at radius 1 is 1.03 bits per heavy atom. The molecule has 7 nitrogen and oxygen atoms in total. The molecule has 0 atom stereocenters. The molecule has 2 aromatic carbocycles. The van der Waals surface area contributed by atoms with Crippen molar-refractivity contribution in [1.29, 1.82) is 0 Å². The summed E-state index contributed by atoms with van der Waals surface area (Å²) in [6, 6.07) is 14.3. The van der Waals surface area contributed by atoms with Crippen molar-refractivity contribution >= 4 is 46.4 Å². The van der Waals surface area contributed by atoms with Gasteiger partial charge in [0.15, 0.2) is 0 Å². The maximum atomic E-state index is 14.7. The van der Waals surface area contributed by atoms with Gasteiger partial charge in [-0.2, -0.15) is 10.1 Å². The third-order valence-electron chi connectivity index (χ3n) is 4.99. The minimum atomic E-state index is -4.79. The highest BCUT2D eigenvalue weighted by Crippen LogP contribution is 2.32. The first kappa shape index (κ1) is 27.1. The number of rotatable bonds is 8. The minimum Gasteiger partial charge on any atom is -0.406 e. The number of benzene rings is 2. The van der Waals surface area contributed by atoms with Gasteiger partial charge in [-0.3, -0.25) is 0 Å². The maximum absolute atomic E-state index is 14.7. The topological polar surface area (TPSA) is 84.3 Å². The largest absolute Gasteiger partial charge is 0.573 e. The number of halogens is 6. The zero-order valence-corrected chi connectivity index (χ0v) is 21.0. The van der Waals surface area contributed by atoms with Crippen LogP contribution in [0, 0.1) is 5.82 Å². The summed E-state index contributed by atoms with van der Waals surface area (Å²) >= 11 is 12.1. The number of alkyl halides is 3. The van der Waals surface area contributed by atoms with Crippen LogP contribution in [0.3, 0.4) is 0 Å². The average Bonchev–Trinajstić information content (AvgIpc) is 2.86. The van der Waals surface area contributed by atoms with Crippen LogP contribution in [-0.4, -0.2) is 27.0 Å². The summed E-state index contributed by atoms with van der Waals surface area (Å²) in [6.45, 7) is 1.82. The molecule has 2 aromatic heterocycles. The molecule has 0 saturated carbocycles. The molecule has 0 aliphatic carbocycles. The van der Waals surface area contributed by atoms with Crippen LogP contribution in [0.2, 0.25) is 10.2 Å². The number of nitrogens with one attached hydrogen (secondary N) is 2. The van der Waals surface area contributed by atoms with Crippen molar-refractivity contribution in [3.8, 4) is 17.0 Å². The van der Waals surface area contributed by atoms with E-state index in [9.17, 15) is 17.6 Å². The molecule has 196 valence electrons. The van der Waals surface area contributed by atoms with Crippen LogP contribution in [0.25, 0.3) is 11.3 Å². The molecular weight excluding hydrogens is 547 g/mol. The molecule has 0 aliphatic heterocycles. The van der Waals surface area contributed by atoms with Gasteiger partial charge < -0.3 is 10.1 Å². The molecule has 0 unspecified atom stereocenters. The highest BCUT2D eigenvalue weighted by molar-refractivity contribution is 6.33. The summed E-state index contributed by atoms with van der Waals surface area (Å²) in [6.07, 6.45) is -2.87. The Labute approximate surface area is 224 Å². The van der Waals surface area contributed by atoms with E-state index in [4.69, 9.17) is 23.2 Å². The number of anilines is 3. The summed E-state index contributed by atoms with van der Waals surface area (Å²) in [4.78, 5) is 12.7. The lowest BCUT2D eigenvalue weighted by Gasteiger charge is -2.12. The second kappa shape index (κ2) is 11.6. The molecule has 2 N–H and O–H groups in total. The van der Waals surface area contributed by atoms with Gasteiger partial charge in [0.1, 0.15) is 22.5 Å². The molecule has 0 amide bonds. The van der Waals surface area contributed by atoms with E-state index < -0.39 is 12.2 Å². The fourth-order valence-corrected chi connectivity index (χ4v) is 3.72. The number of aromatic nitrogens is 3. The van der Waals surface area contributed by atoms with E-state index in [-0.39, 0.29) is 33.8 Å². The standard InChI is InChI=1S/C25H18Cl2F4N6O/c1-2-19(14-6-9-16(10-7-14)38-25(29,30)31)36-37-24-34-20(23-17(26)4-3-5-18(23)28)12-22(35-24)33-15-8-11-21(27)32-13-15/h3-13H,2H2,1H3,(H2,33,34,35,37)/b36-19+. The van der Waals surface area contributed by atoms with Gasteiger partial charge in [0.25, 0.3) is 0 Å². The van der Waals surface area contributed by atoms with E-state index in [0.29, 0.717) is 28.5 Å². The molecule has 4 rings (SSSR count). The van der Waals surface area contributed by atoms with E-state index >= 15 is 0 Å². The fourth-order valence-electron chi connectivity index (χ4n) is 3.34. The molecule has 0 spiro atoms. The molecule has 0 saturated heterocycles. The van der Waals surface area contributed by atoms with Gasteiger partial charge in [-0.25, -0.2) is 19.8 Å². The summed E-state index contributed by atoms with van der Waals surface area (Å²) < 4.78 is 55.9. The summed E-state index contributed by atoms with van der Waals surface area (Å²) in [7, 11) is 0. The Balaban J connectivity index is 1.67. The fraction of sp³-hybridized carbons (Fsp3) is 0.120. The highest BCUT2D eigenvalue weighted by atomic mass is 35.5. The van der Waals surface area contributed by atoms with E-state index in [1.54, 1.807) is 12.1 Å². The van der Waals surface area contributed by atoms with Crippen LogP contribution in [0.1, 0.15) is 18.9 Å². The first-order valence-electron chi connectivity index (χ1n) is 11.0. The summed E-state index contributed by atoms with van der Waals surface area (Å²) in [5.41, 5.74) is 4.59. The van der Waals surface area contributed by atoms with E-state index in [2.05, 4.69) is 35.5 Å². The Morgan fingerprint density at radius 3 is 2.42 bits per heavy atom. The Kier molecular flexibility index (Phi) is 8.28. The number of hydrogen-bond donors (Lipinski definition) is 2. The molecule has 4 aromatic rings. The maximum Gasteiger partial charge on any atom is 0.573 e.